The Morgan fingerprint density at radius 3 is 2.12 bits per heavy atom. The average molecular weight is 586 g/mol. The highest BCUT2D eigenvalue weighted by Crippen LogP contribution is 2.30. The van der Waals surface area contributed by atoms with Crippen molar-refractivity contribution in [3.05, 3.63) is 30.4 Å². The Labute approximate surface area is 176 Å². The third kappa shape index (κ3) is 4.28. The number of likely N-dealkylation sites (N-methyl/N-ethyl adjacent to an activating group) is 2. The molecule has 0 atom stereocenters. The van der Waals surface area contributed by atoms with Gasteiger partial charge in [0.25, 0.3) is 11.8 Å². The van der Waals surface area contributed by atoms with Gasteiger partial charge in [0.15, 0.2) is 11.7 Å². The Morgan fingerprint density at radius 1 is 1.20 bits per heavy atom. The SMILES string of the molecule is CN1C(=O)C(=Cc2cc(I)c(OCC(=O)O)c(I)c2)C(=O)N(C)C1=S. The second kappa shape index (κ2) is 7.95. The Morgan fingerprint density at radius 2 is 1.68 bits per heavy atom. The van der Waals surface area contributed by atoms with Gasteiger partial charge in [0.1, 0.15) is 11.3 Å². The highest BCUT2D eigenvalue weighted by atomic mass is 127. The molecule has 0 aliphatic carbocycles. The van der Waals surface area contributed by atoms with Gasteiger partial charge in [0.05, 0.1) is 7.14 Å². The van der Waals surface area contributed by atoms with Crippen LogP contribution in [0, 0.1) is 7.14 Å². The molecule has 1 aliphatic heterocycles. The fourth-order valence-electron chi connectivity index (χ4n) is 2.08. The van der Waals surface area contributed by atoms with Crippen LogP contribution < -0.4 is 4.74 Å². The normalized spacial score (nSPS) is 14.9. The van der Waals surface area contributed by atoms with Crippen LogP contribution in [0.25, 0.3) is 6.08 Å². The number of hydrogen-bond acceptors (Lipinski definition) is 5. The maximum atomic E-state index is 12.3. The van der Waals surface area contributed by atoms with Crippen LogP contribution in [0.2, 0.25) is 0 Å². The molecule has 1 N–H and O–H groups in total. The van der Waals surface area contributed by atoms with E-state index in [1.807, 2.05) is 45.2 Å². The van der Waals surface area contributed by atoms with Crippen molar-refractivity contribution in [2.75, 3.05) is 20.7 Å². The minimum atomic E-state index is -1.07. The molecule has 1 aliphatic rings. The van der Waals surface area contributed by atoms with Crippen LogP contribution in [-0.2, 0) is 14.4 Å². The molecule has 0 spiro atoms. The molecule has 0 saturated carbocycles. The van der Waals surface area contributed by atoms with Gasteiger partial charge in [-0.3, -0.25) is 19.4 Å². The van der Waals surface area contributed by atoms with Crippen molar-refractivity contribution in [2.45, 2.75) is 0 Å². The van der Waals surface area contributed by atoms with Crippen LogP contribution in [0.15, 0.2) is 17.7 Å². The number of rotatable bonds is 4. The zero-order valence-corrected chi connectivity index (χ0v) is 18.2. The molecule has 0 unspecified atom stereocenters. The predicted octanol–water partition coefficient (Wildman–Crippen LogP) is 1.96. The monoisotopic (exact) mass is 586 g/mol. The first-order valence-corrected chi connectivity index (χ1v) is 9.35. The first-order valence-electron chi connectivity index (χ1n) is 6.79. The number of aliphatic carboxylic acids is 1. The van der Waals surface area contributed by atoms with Crippen molar-refractivity contribution in [2.24, 2.45) is 0 Å². The second-order valence-electron chi connectivity index (χ2n) is 5.07. The second-order valence-corrected chi connectivity index (χ2v) is 7.75. The minimum Gasteiger partial charge on any atom is -0.480 e. The van der Waals surface area contributed by atoms with Crippen LogP contribution in [0.5, 0.6) is 5.75 Å². The summed E-state index contributed by atoms with van der Waals surface area (Å²) >= 11 is 9.07. The van der Waals surface area contributed by atoms with Crippen LogP contribution in [0.3, 0.4) is 0 Å². The molecular weight excluding hydrogens is 574 g/mol. The summed E-state index contributed by atoms with van der Waals surface area (Å²) in [7, 11) is 3.02. The van der Waals surface area contributed by atoms with E-state index >= 15 is 0 Å². The van der Waals surface area contributed by atoms with Crippen molar-refractivity contribution >= 4 is 86.4 Å². The van der Waals surface area contributed by atoms with Gasteiger partial charge in [0, 0.05) is 14.1 Å². The lowest BCUT2D eigenvalue weighted by molar-refractivity contribution is -0.139. The number of carbonyl (C=O) groups excluding carboxylic acids is 2. The molecule has 1 fully saturated rings. The van der Waals surface area contributed by atoms with E-state index in [0.29, 0.717) is 18.5 Å². The number of thiocarbonyl (C=S) groups is 1. The minimum absolute atomic E-state index is 0.00408. The van der Waals surface area contributed by atoms with E-state index in [2.05, 4.69) is 0 Å². The molecule has 0 bridgehead atoms. The summed E-state index contributed by atoms with van der Waals surface area (Å²) in [5.74, 6) is -1.56. The summed E-state index contributed by atoms with van der Waals surface area (Å²) in [4.78, 5) is 37.8. The summed E-state index contributed by atoms with van der Waals surface area (Å²) in [5, 5.41) is 8.87. The molecule has 7 nitrogen and oxygen atoms in total. The molecular formula is C15H12I2N2O5S. The van der Waals surface area contributed by atoms with E-state index in [1.165, 1.54) is 30.0 Å². The van der Waals surface area contributed by atoms with Crippen LogP contribution in [0.4, 0.5) is 0 Å². The first kappa shape index (κ1) is 20.0. The molecule has 0 radical (unpaired) electrons. The van der Waals surface area contributed by atoms with E-state index in [0.717, 1.165) is 0 Å². The Balaban J connectivity index is 2.40. The third-order valence-corrected chi connectivity index (χ3v) is 5.47. The smallest absolute Gasteiger partial charge is 0.341 e. The van der Waals surface area contributed by atoms with Crippen molar-refractivity contribution in [1.29, 1.82) is 0 Å². The highest BCUT2D eigenvalue weighted by molar-refractivity contribution is 14.1. The number of hydrogen-bond donors (Lipinski definition) is 1. The number of carbonyl (C=O) groups is 3. The van der Waals surface area contributed by atoms with Crippen molar-refractivity contribution in [3.8, 4) is 5.75 Å². The van der Waals surface area contributed by atoms with Crippen molar-refractivity contribution in [1.82, 2.24) is 9.80 Å². The van der Waals surface area contributed by atoms with E-state index < -0.39 is 24.4 Å². The molecule has 10 heteroatoms. The van der Waals surface area contributed by atoms with Gasteiger partial charge in [-0.25, -0.2) is 4.79 Å². The molecule has 1 saturated heterocycles. The van der Waals surface area contributed by atoms with Crippen LogP contribution in [0.1, 0.15) is 5.56 Å². The number of amides is 2. The number of ether oxygens (including phenoxy) is 1. The number of benzene rings is 1. The molecule has 2 amide bonds. The van der Waals surface area contributed by atoms with Gasteiger partial charge in [-0.2, -0.15) is 0 Å². The van der Waals surface area contributed by atoms with Crippen LogP contribution in [-0.4, -0.2) is 58.5 Å². The summed E-state index contributed by atoms with van der Waals surface area (Å²) in [5.41, 5.74) is 0.632. The van der Waals surface area contributed by atoms with E-state index in [4.69, 9.17) is 22.1 Å². The molecule has 1 aromatic rings. The Bertz CT molecular complexity index is 775. The topological polar surface area (TPSA) is 87.1 Å². The standard InChI is InChI=1S/C15H12I2N2O5S/c1-18-13(22)8(14(23)19(2)15(18)25)3-7-4-9(16)12(10(17)5-7)24-6-11(20)21/h3-5H,6H2,1-2H3,(H,20,21). The van der Waals surface area contributed by atoms with E-state index in [-0.39, 0.29) is 10.7 Å². The highest BCUT2D eigenvalue weighted by Gasteiger charge is 2.35. The first-order chi connectivity index (χ1) is 11.6. The number of carboxylic acids is 1. The number of carboxylic acid groups (broad SMARTS) is 1. The zero-order valence-electron chi connectivity index (χ0n) is 13.1. The van der Waals surface area contributed by atoms with Gasteiger partial charge >= 0.3 is 5.97 Å². The van der Waals surface area contributed by atoms with Gasteiger partial charge in [0.2, 0.25) is 0 Å². The molecule has 1 heterocycles. The Hall–Kier alpha value is -1.28. The average Bonchev–Trinajstić information content (AvgIpc) is 2.54. The van der Waals surface area contributed by atoms with E-state index in [1.54, 1.807) is 12.1 Å². The molecule has 25 heavy (non-hydrogen) atoms. The lowest BCUT2D eigenvalue weighted by Crippen LogP contribution is -2.52. The van der Waals surface area contributed by atoms with E-state index in [9.17, 15) is 14.4 Å². The Kier molecular flexibility index (Phi) is 6.37. The van der Waals surface area contributed by atoms with Crippen molar-refractivity contribution < 1.29 is 24.2 Å². The number of halogens is 2. The van der Waals surface area contributed by atoms with Gasteiger partial charge < -0.3 is 9.84 Å². The quantitative estimate of drug-likeness (QED) is 0.252. The van der Waals surface area contributed by atoms with Crippen molar-refractivity contribution in [3.63, 3.8) is 0 Å². The fourth-order valence-corrected chi connectivity index (χ4v) is 4.37. The van der Waals surface area contributed by atoms with Gasteiger partial charge in [-0.05, 0) is 81.2 Å². The number of nitrogens with zero attached hydrogens (tertiary/aromatic N) is 2. The summed E-state index contributed by atoms with van der Waals surface area (Å²) < 4.78 is 6.61. The lowest BCUT2D eigenvalue weighted by Gasteiger charge is -2.31. The largest absolute Gasteiger partial charge is 0.480 e. The molecule has 0 aromatic heterocycles. The fraction of sp³-hybridized carbons (Fsp3) is 0.200. The third-order valence-electron chi connectivity index (χ3n) is 3.32. The van der Waals surface area contributed by atoms with Gasteiger partial charge in [-0.1, -0.05) is 0 Å². The summed E-state index contributed by atoms with van der Waals surface area (Å²) in [6, 6.07) is 3.42. The summed E-state index contributed by atoms with van der Waals surface area (Å²) in [6.07, 6.45) is 1.49. The maximum Gasteiger partial charge on any atom is 0.341 e. The zero-order chi connectivity index (χ0) is 18.9. The van der Waals surface area contributed by atoms with Crippen LogP contribution >= 0.6 is 57.4 Å². The lowest BCUT2D eigenvalue weighted by atomic mass is 10.1. The predicted molar refractivity (Wildman–Crippen MR) is 111 cm³/mol. The molecule has 2 rings (SSSR count). The molecule has 1 aromatic carbocycles. The summed E-state index contributed by atoms with van der Waals surface area (Å²) in [6.45, 7) is -0.448. The molecule has 132 valence electrons. The van der Waals surface area contributed by atoms with Gasteiger partial charge in [-0.15, -0.1) is 0 Å². The maximum absolute atomic E-state index is 12.3.